The van der Waals surface area contributed by atoms with Gasteiger partial charge in [-0.3, -0.25) is 9.36 Å². The average molecular weight is 583 g/mol. The Kier molecular flexibility index (Phi) is 7.93. The monoisotopic (exact) mass is 582 g/mol. The molecule has 0 N–H and O–H groups in total. The molecule has 0 aliphatic carbocycles. The Hall–Kier alpha value is -5.69. The minimum atomic E-state index is -0.779. The summed E-state index contributed by atoms with van der Waals surface area (Å²) in [4.78, 5) is 42.7. The summed E-state index contributed by atoms with van der Waals surface area (Å²) >= 11 is 0. The molecular weight excluding hydrogens is 552 g/mol. The number of hydrogen-bond donors (Lipinski definition) is 0. The van der Waals surface area contributed by atoms with Crippen LogP contribution in [-0.2, 0) is 9.47 Å². The van der Waals surface area contributed by atoms with E-state index in [9.17, 15) is 14.4 Å². The van der Waals surface area contributed by atoms with Crippen LogP contribution >= 0.6 is 0 Å². The van der Waals surface area contributed by atoms with Crippen LogP contribution in [0.4, 0.5) is 0 Å². The number of fused-ring (bicyclic) bond motifs is 1. The lowest BCUT2D eigenvalue weighted by Gasteiger charge is -2.22. The highest BCUT2D eigenvalue weighted by atomic mass is 16.5. The van der Waals surface area contributed by atoms with Gasteiger partial charge in [0.1, 0.15) is 16.6 Å². The molecule has 7 nitrogen and oxygen atoms in total. The number of ether oxygens (including phenoxy) is 2. The molecule has 0 saturated carbocycles. The minimum Gasteiger partial charge on any atom is -0.462 e. The fraction of sp³-hybridized carbons (Fsp3) is 0.108. The third kappa shape index (κ3) is 4.88. The third-order valence-corrected chi connectivity index (χ3v) is 7.36. The van der Waals surface area contributed by atoms with Crippen LogP contribution < -0.4 is 5.56 Å². The summed E-state index contributed by atoms with van der Waals surface area (Å²) in [5.74, 6) is -1.50. The van der Waals surface area contributed by atoms with Crippen LogP contribution in [0.3, 0.4) is 0 Å². The van der Waals surface area contributed by atoms with Crippen molar-refractivity contribution in [2.45, 2.75) is 13.8 Å². The molecule has 0 radical (unpaired) electrons. The highest BCUT2D eigenvalue weighted by Crippen LogP contribution is 2.40. The van der Waals surface area contributed by atoms with E-state index in [2.05, 4.69) is 0 Å². The van der Waals surface area contributed by atoms with Crippen LogP contribution in [0.25, 0.3) is 45.0 Å². The molecule has 0 saturated heterocycles. The van der Waals surface area contributed by atoms with E-state index in [-0.39, 0.29) is 29.9 Å². The zero-order chi connectivity index (χ0) is 30.6. The molecule has 4 aromatic carbocycles. The van der Waals surface area contributed by atoms with E-state index >= 15 is 0 Å². The number of hydrogen-bond acceptors (Lipinski definition) is 5. The first-order chi connectivity index (χ1) is 21.6. The van der Waals surface area contributed by atoms with Gasteiger partial charge in [-0.05, 0) is 31.5 Å². The van der Waals surface area contributed by atoms with Crippen LogP contribution in [0.1, 0.15) is 34.6 Å². The summed E-state index contributed by atoms with van der Waals surface area (Å²) in [6, 6.07) is 37.8. The molecule has 0 aliphatic rings. The standard InChI is InChI=1S/C37H30N2O5/c1-3-43-36(41)29-30(37(42)44-4-2)34-35(40)38(28-23-15-8-16-24-28)32(26-19-11-6-12-20-26)33(27-21-13-7-14-22-27)39(34)31(29)25-17-9-5-10-18-25/h5-24H,3-4H2,1-2H3. The lowest BCUT2D eigenvalue weighted by Crippen LogP contribution is -2.25. The first-order valence-electron chi connectivity index (χ1n) is 14.5. The zero-order valence-corrected chi connectivity index (χ0v) is 24.4. The Morgan fingerprint density at radius 3 is 1.43 bits per heavy atom. The summed E-state index contributed by atoms with van der Waals surface area (Å²) in [6.07, 6.45) is 0. The zero-order valence-electron chi connectivity index (χ0n) is 24.4. The molecule has 0 fully saturated rings. The van der Waals surface area contributed by atoms with Gasteiger partial charge >= 0.3 is 11.9 Å². The molecule has 7 heteroatoms. The Bertz CT molecular complexity index is 2010. The smallest absolute Gasteiger partial charge is 0.341 e. The van der Waals surface area contributed by atoms with Gasteiger partial charge in [0.2, 0.25) is 0 Å². The van der Waals surface area contributed by atoms with Crippen molar-refractivity contribution >= 4 is 17.5 Å². The Morgan fingerprint density at radius 1 is 0.545 bits per heavy atom. The Morgan fingerprint density at radius 2 is 0.955 bits per heavy atom. The predicted octanol–water partition coefficient (Wildman–Crippen LogP) is 7.44. The van der Waals surface area contributed by atoms with Gasteiger partial charge in [0.25, 0.3) is 5.56 Å². The summed E-state index contributed by atoms with van der Waals surface area (Å²) < 4.78 is 14.4. The second-order valence-corrected chi connectivity index (χ2v) is 9.99. The average Bonchev–Trinajstić information content (AvgIpc) is 3.43. The summed E-state index contributed by atoms with van der Waals surface area (Å²) in [5, 5.41) is 0. The predicted molar refractivity (Wildman–Crippen MR) is 171 cm³/mol. The highest BCUT2D eigenvalue weighted by Gasteiger charge is 2.36. The van der Waals surface area contributed by atoms with Crippen LogP contribution in [0, 0.1) is 0 Å². The maximum atomic E-state index is 15.0. The molecule has 0 bridgehead atoms. The van der Waals surface area contributed by atoms with E-state index < -0.39 is 17.5 Å². The van der Waals surface area contributed by atoms with Gasteiger partial charge in [-0.2, -0.15) is 0 Å². The van der Waals surface area contributed by atoms with Crippen LogP contribution in [-0.4, -0.2) is 34.1 Å². The van der Waals surface area contributed by atoms with Crippen LogP contribution in [0.15, 0.2) is 126 Å². The van der Waals surface area contributed by atoms with Crippen molar-refractivity contribution in [2.75, 3.05) is 13.2 Å². The molecule has 6 aromatic rings. The van der Waals surface area contributed by atoms with Crippen molar-refractivity contribution in [3.05, 3.63) is 143 Å². The number of carbonyl (C=O) groups excluding carboxylic acids is 2. The van der Waals surface area contributed by atoms with Gasteiger partial charge in [0.05, 0.1) is 30.3 Å². The molecule has 44 heavy (non-hydrogen) atoms. The van der Waals surface area contributed by atoms with E-state index in [1.165, 1.54) is 0 Å². The number of nitrogens with zero attached hydrogens (tertiary/aromatic N) is 2. The SMILES string of the molecule is CCOC(=O)c1c(C(=O)OCC)c2c(=O)n(-c3ccccc3)c(-c3ccccc3)c(-c3ccccc3)n2c1-c1ccccc1. The van der Waals surface area contributed by atoms with Crippen molar-refractivity contribution in [3.8, 4) is 39.5 Å². The molecule has 0 unspecified atom stereocenters. The second-order valence-electron chi connectivity index (χ2n) is 9.99. The normalized spacial score (nSPS) is 11.0. The lowest BCUT2D eigenvalue weighted by atomic mass is 10.0. The van der Waals surface area contributed by atoms with E-state index in [4.69, 9.17) is 9.47 Å². The van der Waals surface area contributed by atoms with Crippen molar-refractivity contribution < 1.29 is 19.1 Å². The van der Waals surface area contributed by atoms with Crippen molar-refractivity contribution in [2.24, 2.45) is 0 Å². The molecule has 2 heterocycles. The van der Waals surface area contributed by atoms with Crippen molar-refractivity contribution in [1.82, 2.24) is 8.97 Å². The minimum absolute atomic E-state index is 0.0180. The van der Waals surface area contributed by atoms with Crippen LogP contribution in [0.5, 0.6) is 0 Å². The summed E-state index contributed by atoms with van der Waals surface area (Å²) in [6.45, 7) is 3.52. The van der Waals surface area contributed by atoms with Gasteiger partial charge in [0, 0.05) is 16.8 Å². The van der Waals surface area contributed by atoms with Gasteiger partial charge in [-0.15, -0.1) is 0 Å². The number of benzene rings is 4. The molecular formula is C37H30N2O5. The van der Waals surface area contributed by atoms with E-state index in [0.717, 1.165) is 11.1 Å². The lowest BCUT2D eigenvalue weighted by molar-refractivity contribution is 0.0482. The maximum Gasteiger partial charge on any atom is 0.341 e. The number of aromatic nitrogens is 2. The first-order valence-corrected chi connectivity index (χ1v) is 14.5. The van der Waals surface area contributed by atoms with Gasteiger partial charge < -0.3 is 13.9 Å². The van der Waals surface area contributed by atoms with Gasteiger partial charge in [0.15, 0.2) is 0 Å². The molecule has 218 valence electrons. The molecule has 0 spiro atoms. The Balaban J connectivity index is 1.97. The van der Waals surface area contributed by atoms with Crippen molar-refractivity contribution in [1.29, 1.82) is 0 Å². The fourth-order valence-corrected chi connectivity index (χ4v) is 5.64. The molecule has 0 aliphatic heterocycles. The largest absolute Gasteiger partial charge is 0.462 e. The van der Waals surface area contributed by atoms with Crippen molar-refractivity contribution in [3.63, 3.8) is 0 Å². The quantitative estimate of drug-likeness (QED) is 0.174. The molecule has 6 rings (SSSR count). The number of carbonyl (C=O) groups is 2. The Labute approximate surface area is 254 Å². The third-order valence-electron chi connectivity index (χ3n) is 7.36. The van der Waals surface area contributed by atoms with E-state index in [1.54, 1.807) is 22.8 Å². The topological polar surface area (TPSA) is 79.0 Å². The highest BCUT2D eigenvalue weighted by molar-refractivity contribution is 6.13. The number of para-hydroxylation sites is 1. The number of rotatable bonds is 8. The fourth-order valence-electron chi connectivity index (χ4n) is 5.64. The molecule has 2 aromatic heterocycles. The van der Waals surface area contributed by atoms with Gasteiger partial charge in [-0.1, -0.05) is 109 Å². The number of esters is 2. The summed E-state index contributed by atoms with van der Waals surface area (Å²) in [5.41, 5.74) is 3.77. The van der Waals surface area contributed by atoms with E-state index in [0.29, 0.717) is 28.3 Å². The summed E-state index contributed by atoms with van der Waals surface area (Å²) in [7, 11) is 0. The molecule has 0 amide bonds. The maximum absolute atomic E-state index is 15.0. The van der Waals surface area contributed by atoms with Crippen LogP contribution in [0.2, 0.25) is 0 Å². The van der Waals surface area contributed by atoms with E-state index in [1.807, 2.05) is 121 Å². The van der Waals surface area contributed by atoms with Gasteiger partial charge in [-0.25, -0.2) is 9.59 Å². The molecule has 0 atom stereocenters. The second kappa shape index (κ2) is 12.3. The first kappa shape index (κ1) is 28.4.